The molecule has 5 heteroatoms. The maximum absolute atomic E-state index is 8.68. The summed E-state index contributed by atoms with van der Waals surface area (Å²) >= 11 is 0. The van der Waals surface area contributed by atoms with Crippen LogP contribution in [-0.2, 0) is 0 Å². The summed E-state index contributed by atoms with van der Waals surface area (Å²) in [6.07, 6.45) is 0. The zero-order chi connectivity index (χ0) is 8.10. The number of aliphatic hydroxyl groups is 2. The lowest BCUT2D eigenvalue weighted by Crippen LogP contribution is -2.44. The van der Waals surface area contributed by atoms with E-state index in [9.17, 15) is 0 Å². The van der Waals surface area contributed by atoms with Gasteiger partial charge in [-0.25, -0.2) is 0 Å². The molecule has 0 amide bonds. The molecule has 1 rings (SSSR count). The number of hydrogen-bond acceptors (Lipinski definition) is 5. The number of rotatable bonds is 3. The molecule has 1 aliphatic rings. The molecular weight excluding hydrogens is 146 g/mol. The summed E-state index contributed by atoms with van der Waals surface area (Å²) < 4.78 is 0. The predicted molar refractivity (Wildman–Crippen MR) is 41.4 cm³/mol. The number of hydrogen-bond donors (Lipinski definition) is 4. The van der Waals surface area contributed by atoms with Crippen LogP contribution in [0.15, 0.2) is 4.99 Å². The quantitative estimate of drug-likeness (QED) is 0.380. The van der Waals surface area contributed by atoms with E-state index in [1.807, 2.05) is 0 Å². The van der Waals surface area contributed by atoms with Gasteiger partial charge in [0, 0.05) is 6.54 Å². The van der Waals surface area contributed by atoms with E-state index in [1.165, 1.54) is 0 Å². The Morgan fingerprint density at radius 3 is 2.73 bits per heavy atom. The number of guanidine groups is 1. The molecule has 0 bridgehead atoms. The van der Waals surface area contributed by atoms with Gasteiger partial charge >= 0.3 is 0 Å². The first-order valence-corrected chi connectivity index (χ1v) is 3.63. The van der Waals surface area contributed by atoms with E-state index in [1.54, 1.807) is 0 Å². The van der Waals surface area contributed by atoms with Gasteiger partial charge in [0.1, 0.15) is 0 Å². The topological polar surface area (TPSA) is 76.9 Å². The molecule has 0 radical (unpaired) electrons. The smallest absolute Gasteiger partial charge is 0.191 e. The maximum atomic E-state index is 8.68. The van der Waals surface area contributed by atoms with Gasteiger partial charge in [0.15, 0.2) is 5.96 Å². The van der Waals surface area contributed by atoms with E-state index < -0.39 is 0 Å². The van der Waals surface area contributed by atoms with E-state index in [4.69, 9.17) is 10.2 Å². The van der Waals surface area contributed by atoms with Gasteiger partial charge in [-0.15, -0.1) is 0 Å². The fourth-order valence-electron chi connectivity index (χ4n) is 0.837. The molecule has 0 aromatic rings. The van der Waals surface area contributed by atoms with Crippen molar-refractivity contribution >= 4 is 5.96 Å². The first kappa shape index (κ1) is 8.29. The highest BCUT2D eigenvalue weighted by molar-refractivity contribution is 5.81. The van der Waals surface area contributed by atoms with Crippen LogP contribution in [0.5, 0.6) is 0 Å². The largest absolute Gasteiger partial charge is 0.394 e. The van der Waals surface area contributed by atoms with Crippen molar-refractivity contribution < 1.29 is 10.2 Å². The minimum Gasteiger partial charge on any atom is -0.394 e. The van der Waals surface area contributed by atoms with Crippen LogP contribution in [0.3, 0.4) is 0 Å². The molecule has 64 valence electrons. The molecule has 0 atom stereocenters. The van der Waals surface area contributed by atoms with Crippen molar-refractivity contribution in [2.75, 3.05) is 26.3 Å². The number of nitrogens with zero attached hydrogens (tertiary/aromatic N) is 1. The van der Waals surface area contributed by atoms with Gasteiger partial charge < -0.3 is 20.8 Å². The second-order valence-corrected chi connectivity index (χ2v) is 2.36. The van der Waals surface area contributed by atoms with Gasteiger partial charge in [0.25, 0.3) is 0 Å². The summed E-state index contributed by atoms with van der Waals surface area (Å²) in [6.45, 7) is 1.41. The first-order valence-electron chi connectivity index (χ1n) is 3.63. The Labute approximate surface area is 65.1 Å². The summed E-state index contributed by atoms with van der Waals surface area (Å²) in [5.41, 5.74) is 0. The van der Waals surface area contributed by atoms with Crippen molar-refractivity contribution in [1.29, 1.82) is 0 Å². The van der Waals surface area contributed by atoms with E-state index in [0.29, 0.717) is 5.96 Å². The molecule has 5 nitrogen and oxygen atoms in total. The fourth-order valence-corrected chi connectivity index (χ4v) is 0.837. The zero-order valence-electron chi connectivity index (χ0n) is 6.25. The molecular formula is C6H13N3O2. The third-order valence-corrected chi connectivity index (χ3v) is 1.46. The van der Waals surface area contributed by atoms with Crippen LogP contribution in [0, 0.1) is 0 Å². The summed E-state index contributed by atoms with van der Waals surface area (Å²) in [4.78, 5) is 4.04. The lowest BCUT2D eigenvalue weighted by molar-refractivity contribution is 0.183. The molecule has 0 saturated heterocycles. The van der Waals surface area contributed by atoms with E-state index in [-0.39, 0.29) is 19.3 Å². The average Bonchev–Trinajstić information content (AvgIpc) is 2.52. The van der Waals surface area contributed by atoms with Crippen molar-refractivity contribution in [1.82, 2.24) is 10.6 Å². The van der Waals surface area contributed by atoms with Gasteiger partial charge in [-0.05, 0) is 0 Å². The van der Waals surface area contributed by atoms with Crippen LogP contribution in [0.1, 0.15) is 0 Å². The normalized spacial score (nSPS) is 16.5. The summed E-state index contributed by atoms with van der Waals surface area (Å²) in [5, 5.41) is 23.2. The minimum atomic E-state index is -0.306. The van der Waals surface area contributed by atoms with Crippen LogP contribution >= 0.6 is 0 Å². The van der Waals surface area contributed by atoms with Crippen LogP contribution in [-0.4, -0.2) is 48.5 Å². The number of nitrogens with one attached hydrogen (secondary N) is 2. The summed E-state index contributed by atoms with van der Waals surface area (Å²) in [6, 6.07) is -0.306. The molecule has 0 saturated carbocycles. The Bertz CT molecular complexity index is 145. The second-order valence-electron chi connectivity index (χ2n) is 2.36. The third-order valence-electron chi connectivity index (χ3n) is 1.46. The molecule has 0 fully saturated rings. The van der Waals surface area contributed by atoms with Crippen molar-refractivity contribution in [2.45, 2.75) is 6.04 Å². The summed E-state index contributed by atoms with van der Waals surface area (Å²) in [5.74, 6) is 0.665. The second kappa shape index (κ2) is 4.15. The number of aliphatic imine (C=N–C) groups is 1. The minimum absolute atomic E-state index is 0.0861. The van der Waals surface area contributed by atoms with Gasteiger partial charge in [0.05, 0.1) is 25.8 Å². The Morgan fingerprint density at radius 2 is 2.27 bits per heavy atom. The maximum Gasteiger partial charge on any atom is 0.191 e. The highest BCUT2D eigenvalue weighted by Gasteiger charge is 2.10. The molecule has 0 aliphatic carbocycles. The van der Waals surface area contributed by atoms with Gasteiger partial charge in [-0.2, -0.15) is 0 Å². The van der Waals surface area contributed by atoms with Crippen molar-refractivity contribution in [3.8, 4) is 0 Å². The Kier molecular flexibility index (Phi) is 3.13. The lowest BCUT2D eigenvalue weighted by Gasteiger charge is -2.13. The highest BCUT2D eigenvalue weighted by Crippen LogP contribution is 1.85. The van der Waals surface area contributed by atoms with E-state index in [0.717, 1.165) is 13.1 Å². The molecule has 0 aromatic carbocycles. The molecule has 4 N–H and O–H groups in total. The molecule has 11 heavy (non-hydrogen) atoms. The zero-order valence-corrected chi connectivity index (χ0v) is 6.25. The number of aliphatic hydroxyl groups excluding tert-OH is 2. The monoisotopic (exact) mass is 159 g/mol. The Morgan fingerprint density at radius 1 is 1.55 bits per heavy atom. The predicted octanol–water partition coefficient (Wildman–Crippen LogP) is -2.11. The first-order chi connectivity index (χ1) is 5.36. The molecule has 1 aliphatic heterocycles. The summed E-state index contributed by atoms with van der Waals surface area (Å²) in [7, 11) is 0. The Balaban J connectivity index is 2.27. The van der Waals surface area contributed by atoms with E-state index >= 15 is 0 Å². The standard InChI is InChI=1S/C6H13N3O2/c10-3-5(4-11)9-6-7-1-2-8-6/h5,10-11H,1-4H2,(H2,7,8,9). The SMILES string of the molecule is OCC(CO)NC1=NCCN1. The van der Waals surface area contributed by atoms with Crippen LogP contribution in [0.4, 0.5) is 0 Å². The van der Waals surface area contributed by atoms with Crippen LogP contribution < -0.4 is 10.6 Å². The molecule has 0 aromatic heterocycles. The van der Waals surface area contributed by atoms with Gasteiger partial charge in [0.2, 0.25) is 0 Å². The third kappa shape index (κ3) is 2.36. The van der Waals surface area contributed by atoms with Crippen LogP contribution in [0.2, 0.25) is 0 Å². The van der Waals surface area contributed by atoms with Crippen molar-refractivity contribution in [3.63, 3.8) is 0 Å². The van der Waals surface area contributed by atoms with E-state index in [2.05, 4.69) is 15.6 Å². The molecule has 0 unspecified atom stereocenters. The van der Waals surface area contributed by atoms with Gasteiger partial charge in [-0.3, -0.25) is 4.99 Å². The Hall–Kier alpha value is -0.810. The van der Waals surface area contributed by atoms with Crippen molar-refractivity contribution in [2.24, 2.45) is 4.99 Å². The highest BCUT2D eigenvalue weighted by atomic mass is 16.3. The molecule has 0 spiro atoms. The lowest BCUT2D eigenvalue weighted by atomic mass is 10.3. The fraction of sp³-hybridized carbons (Fsp3) is 0.833. The molecule has 1 heterocycles. The average molecular weight is 159 g/mol. The van der Waals surface area contributed by atoms with Gasteiger partial charge in [-0.1, -0.05) is 0 Å². The van der Waals surface area contributed by atoms with Crippen molar-refractivity contribution in [3.05, 3.63) is 0 Å². The van der Waals surface area contributed by atoms with Crippen LogP contribution in [0.25, 0.3) is 0 Å².